The van der Waals surface area contributed by atoms with Crippen LogP contribution in [0.1, 0.15) is 27.7 Å². The van der Waals surface area contributed by atoms with Gasteiger partial charge in [-0.2, -0.15) is 0 Å². The van der Waals surface area contributed by atoms with Crippen molar-refractivity contribution in [3.05, 3.63) is 57.0 Å². The molecule has 7 heteroatoms. The molecule has 1 amide bonds. The quantitative estimate of drug-likeness (QED) is 0.723. The van der Waals surface area contributed by atoms with Crippen LogP contribution in [0.5, 0.6) is 5.75 Å². The summed E-state index contributed by atoms with van der Waals surface area (Å²) in [6, 6.07) is 7.76. The first-order chi connectivity index (χ1) is 12.5. The van der Waals surface area contributed by atoms with Gasteiger partial charge < -0.3 is 10.1 Å². The number of nitrogens with one attached hydrogen (secondary N) is 1. The van der Waals surface area contributed by atoms with Crippen molar-refractivity contribution >= 4 is 27.5 Å². The Morgan fingerprint density at radius 1 is 1.31 bits per heavy atom. The predicted octanol–water partition coefficient (Wildman–Crippen LogP) is 2.77. The fraction of sp³-hybridized carbons (Fsp3) is 0.316. The maximum Gasteiger partial charge on any atom is 0.262 e. The molecule has 1 aromatic carbocycles. The molecule has 3 aromatic rings. The van der Waals surface area contributed by atoms with Crippen molar-refractivity contribution in [2.45, 2.75) is 26.8 Å². The lowest BCUT2D eigenvalue weighted by Gasteiger charge is -2.06. The molecular formula is C19H21N3O3S. The highest BCUT2D eigenvalue weighted by atomic mass is 32.1. The summed E-state index contributed by atoms with van der Waals surface area (Å²) in [4.78, 5) is 30.5. The molecule has 0 aliphatic rings. The number of ether oxygens (including phenoxy) is 1. The Balaban J connectivity index is 1.72. The summed E-state index contributed by atoms with van der Waals surface area (Å²) in [6.45, 7) is 4.77. The van der Waals surface area contributed by atoms with Crippen LogP contribution in [0, 0.1) is 6.92 Å². The zero-order chi connectivity index (χ0) is 18.7. The number of methoxy groups -OCH3 is 1. The second-order valence-corrected chi connectivity index (χ2v) is 6.93. The molecule has 2 aromatic heterocycles. The fourth-order valence-corrected chi connectivity index (χ4v) is 3.85. The van der Waals surface area contributed by atoms with Gasteiger partial charge in [0, 0.05) is 13.1 Å². The van der Waals surface area contributed by atoms with Crippen LogP contribution >= 0.6 is 11.3 Å². The number of thiophene rings is 1. The van der Waals surface area contributed by atoms with Crippen LogP contribution in [-0.4, -0.2) is 29.1 Å². The summed E-state index contributed by atoms with van der Waals surface area (Å²) < 4.78 is 6.69. The van der Waals surface area contributed by atoms with E-state index < -0.39 is 0 Å². The van der Waals surface area contributed by atoms with Crippen LogP contribution < -0.4 is 15.6 Å². The summed E-state index contributed by atoms with van der Waals surface area (Å²) >= 11 is 1.26. The number of carbonyl (C=O) groups is 1. The van der Waals surface area contributed by atoms with E-state index >= 15 is 0 Å². The zero-order valence-corrected chi connectivity index (χ0v) is 15.9. The Labute approximate surface area is 155 Å². The van der Waals surface area contributed by atoms with Gasteiger partial charge in [0.25, 0.3) is 11.5 Å². The van der Waals surface area contributed by atoms with Crippen molar-refractivity contribution in [1.29, 1.82) is 0 Å². The molecule has 0 bridgehead atoms. The molecule has 2 heterocycles. The second-order valence-electron chi connectivity index (χ2n) is 5.93. The van der Waals surface area contributed by atoms with E-state index in [1.165, 1.54) is 17.7 Å². The van der Waals surface area contributed by atoms with Crippen molar-refractivity contribution in [1.82, 2.24) is 14.9 Å². The Morgan fingerprint density at radius 3 is 2.69 bits per heavy atom. The Kier molecular flexibility index (Phi) is 5.37. The third kappa shape index (κ3) is 3.48. The van der Waals surface area contributed by atoms with Gasteiger partial charge in [-0.05, 0) is 43.5 Å². The summed E-state index contributed by atoms with van der Waals surface area (Å²) in [5.41, 5.74) is 1.72. The van der Waals surface area contributed by atoms with E-state index in [1.54, 1.807) is 18.6 Å². The first-order valence-electron chi connectivity index (χ1n) is 8.44. The maximum absolute atomic E-state index is 12.5. The third-order valence-electron chi connectivity index (χ3n) is 4.32. The zero-order valence-electron chi connectivity index (χ0n) is 15.0. The number of carbonyl (C=O) groups excluding carboxylic acids is 1. The summed E-state index contributed by atoms with van der Waals surface area (Å²) in [6.07, 6.45) is 2.26. The molecule has 0 aliphatic carbocycles. The van der Waals surface area contributed by atoms with Crippen molar-refractivity contribution in [2.75, 3.05) is 13.7 Å². The van der Waals surface area contributed by atoms with Gasteiger partial charge in [0.05, 0.1) is 23.7 Å². The summed E-state index contributed by atoms with van der Waals surface area (Å²) in [5.74, 6) is 0.644. The van der Waals surface area contributed by atoms with Gasteiger partial charge in [-0.15, -0.1) is 11.3 Å². The molecule has 0 aliphatic heterocycles. The number of hydrogen-bond acceptors (Lipinski definition) is 5. The molecule has 0 fully saturated rings. The smallest absolute Gasteiger partial charge is 0.262 e. The van der Waals surface area contributed by atoms with Crippen LogP contribution in [0.15, 0.2) is 35.4 Å². The first-order valence-corrected chi connectivity index (χ1v) is 9.26. The SMILES string of the molecule is CCn1cnc2sc(C(=O)NCCc3ccc(OC)cc3)c(C)c2c1=O. The Hall–Kier alpha value is -2.67. The number of hydrogen-bond donors (Lipinski definition) is 1. The lowest BCUT2D eigenvalue weighted by molar-refractivity contribution is 0.0957. The molecule has 1 N–H and O–H groups in total. The van der Waals surface area contributed by atoms with Gasteiger partial charge in [-0.1, -0.05) is 12.1 Å². The van der Waals surface area contributed by atoms with Crippen molar-refractivity contribution in [2.24, 2.45) is 0 Å². The first kappa shape index (κ1) is 18.1. The van der Waals surface area contributed by atoms with E-state index in [-0.39, 0.29) is 11.5 Å². The lowest BCUT2D eigenvalue weighted by atomic mass is 10.1. The number of amides is 1. The summed E-state index contributed by atoms with van der Waals surface area (Å²) in [7, 11) is 1.63. The van der Waals surface area contributed by atoms with E-state index in [0.717, 1.165) is 17.7 Å². The van der Waals surface area contributed by atoms with Crippen LogP contribution in [0.3, 0.4) is 0 Å². The largest absolute Gasteiger partial charge is 0.497 e. The molecule has 0 atom stereocenters. The van der Waals surface area contributed by atoms with Crippen molar-refractivity contribution < 1.29 is 9.53 Å². The number of nitrogens with zero attached hydrogens (tertiary/aromatic N) is 2. The van der Waals surface area contributed by atoms with Crippen LogP contribution in [-0.2, 0) is 13.0 Å². The van der Waals surface area contributed by atoms with E-state index in [0.29, 0.717) is 33.7 Å². The highest BCUT2D eigenvalue weighted by Gasteiger charge is 2.18. The Morgan fingerprint density at radius 2 is 2.04 bits per heavy atom. The van der Waals surface area contributed by atoms with E-state index in [2.05, 4.69) is 10.3 Å². The minimum absolute atomic E-state index is 0.0940. The van der Waals surface area contributed by atoms with Gasteiger partial charge >= 0.3 is 0 Å². The molecule has 0 radical (unpaired) electrons. The average molecular weight is 371 g/mol. The lowest BCUT2D eigenvalue weighted by Crippen LogP contribution is -2.25. The normalized spacial score (nSPS) is 10.9. The van der Waals surface area contributed by atoms with Crippen LogP contribution in [0.25, 0.3) is 10.2 Å². The van der Waals surface area contributed by atoms with Gasteiger partial charge in [0.1, 0.15) is 10.6 Å². The van der Waals surface area contributed by atoms with Gasteiger partial charge in [0.15, 0.2) is 0 Å². The fourth-order valence-electron chi connectivity index (χ4n) is 2.79. The number of benzene rings is 1. The summed E-state index contributed by atoms with van der Waals surface area (Å²) in [5, 5.41) is 3.47. The van der Waals surface area contributed by atoms with Crippen LogP contribution in [0.2, 0.25) is 0 Å². The molecular weight excluding hydrogens is 350 g/mol. The van der Waals surface area contributed by atoms with E-state index in [4.69, 9.17) is 4.74 Å². The molecule has 0 saturated carbocycles. The number of aryl methyl sites for hydroxylation is 2. The number of rotatable bonds is 6. The van der Waals surface area contributed by atoms with Gasteiger partial charge in [-0.25, -0.2) is 4.98 Å². The minimum atomic E-state index is -0.165. The monoisotopic (exact) mass is 371 g/mol. The molecule has 3 rings (SSSR count). The van der Waals surface area contributed by atoms with Gasteiger partial charge in [-0.3, -0.25) is 14.2 Å². The predicted molar refractivity (Wildman–Crippen MR) is 103 cm³/mol. The average Bonchev–Trinajstić information content (AvgIpc) is 3.00. The topological polar surface area (TPSA) is 73.2 Å². The third-order valence-corrected chi connectivity index (χ3v) is 5.52. The number of fused-ring (bicyclic) bond motifs is 1. The van der Waals surface area contributed by atoms with Crippen molar-refractivity contribution in [3.8, 4) is 5.75 Å². The molecule has 0 spiro atoms. The van der Waals surface area contributed by atoms with E-state index in [9.17, 15) is 9.59 Å². The van der Waals surface area contributed by atoms with Gasteiger partial charge in [0.2, 0.25) is 0 Å². The standard InChI is InChI=1S/C19H21N3O3S/c1-4-22-11-21-18-15(19(22)24)12(2)16(26-18)17(23)20-10-9-13-5-7-14(25-3)8-6-13/h5-8,11H,4,9-10H2,1-3H3,(H,20,23). The number of aromatic nitrogens is 2. The molecule has 0 saturated heterocycles. The molecule has 136 valence electrons. The highest BCUT2D eigenvalue weighted by Crippen LogP contribution is 2.26. The molecule has 0 unspecified atom stereocenters. The molecule has 6 nitrogen and oxygen atoms in total. The van der Waals surface area contributed by atoms with Crippen LogP contribution in [0.4, 0.5) is 0 Å². The maximum atomic E-state index is 12.5. The Bertz CT molecular complexity index is 990. The van der Waals surface area contributed by atoms with E-state index in [1.807, 2.05) is 31.2 Å². The molecule has 26 heavy (non-hydrogen) atoms. The second kappa shape index (κ2) is 7.70. The highest BCUT2D eigenvalue weighted by molar-refractivity contribution is 7.20. The van der Waals surface area contributed by atoms with Crippen molar-refractivity contribution in [3.63, 3.8) is 0 Å². The minimum Gasteiger partial charge on any atom is -0.497 e.